The minimum absolute atomic E-state index is 0.219. The average Bonchev–Trinajstić information content (AvgIpc) is 3.42. The predicted octanol–water partition coefficient (Wildman–Crippen LogP) is 5.66. The van der Waals surface area contributed by atoms with Gasteiger partial charge >= 0.3 is 5.97 Å². The number of halogens is 2. The smallest absolute Gasteiger partial charge is 0.303 e. The molecule has 1 aliphatic heterocycles. The number of aromatic nitrogens is 5. The number of aromatic amines is 1. The molecule has 4 aromatic rings. The molecule has 0 atom stereocenters. The number of anilines is 1. The van der Waals surface area contributed by atoms with Gasteiger partial charge in [0, 0.05) is 40.8 Å². The van der Waals surface area contributed by atoms with Crippen molar-refractivity contribution in [2.45, 2.75) is 32.4 Å². The van der Waals surface area contributed by atoms with Crippen LogP contribution < -0.4 is 10.1 Å². The molecule has 0 saturated carbocycles. The second-order valence-electron chi connectivity index (χ2n) is 9.45. The molecular formula is C27H27Cl2N7O3. The summed E-state index contributed by atoms with van der Waals surface area (Å²) in [6.07, 6.45) is 8.44. The molecule has 0 bridgehead atoms. The van der Waals surface area contributed by atoms with E-state index in [0.29, 0.717) is 46.4 Å². The van der Waals surface area contributed by atoms with Crippen molar-refractivity contribution in [3.8, 4) is 22.9 Å². The Balaban J connectivity index is 1.33. The second kappa shape index (κ2) is 12.4. The highest BCUT2D eigenvalue weighted by atomic mass is 35.5. The number of H-pyrrole nitrogens is 1. The van der Waals surface area contributed by atoms with Gasteiger partial charge in [-0.3, -0.25) is 9.69 Å². The second-order valence-corrected chi connectivity index (χ2v) is 10.3. The van der Waals surface area contributed by atoms with E-state index in [-0.39, 0.29) is 12.3 Å². The molecule has 0 aliphatic carbocycles. The highest BCUT2D eigenvalue weighted by Crippen LogP contribution is 2.31. The van der Waals surface area contributed by atoms with E-state index in [2.05, 4.69) is 30.2 Å². The van der Waals surface area contributed by atoms with Crippen molar-refractivity contribution in [3.05, 3.63) is 76.6 Å². The van der Waals surface area contributed by atoms with E-state index in [1.165, 1.54) is 0 Å². The molecule has 0 spiro atoms. The van der Waals surface area contributed by atoms with Crippen LogP contribution in [0.5, 0.6) is 11.6 Å². The SMILES string of the molecule is O=C(O)CC1CCN(Cc2cc(Oc3cnc(NCc4cnc[nH]4)nc3)nc(-c3cc(Cl)cc(Cl)c3)c2)CC1. The van der Waals surface area contributed by atoms with Crippen molar-refractivity contribution in [2.75, 3.05) is 18.4 Å². The standard InChI is InChI=1S/C27H27Cl2N7O3/c28-20-8-19(9-21(29)10-20)24-5-18(15-36-3-1-17(2-4-36)7-26(37)38)6-25(35-24)39-23-13-32-27(33-14-23)31-12-22-11-30-16-34-22/h5-6,8-11,13-14,16-17H,1-4,7,12,15H2,(H,30,34)(H,37,38)(H,31,32,33). The molecule has 1 saturated heterocycles. The van der Waals surface area contributed by atoms with Gasteiger partial charge in [-0.1, -0.05) is 23.2 Å². The summed E-state index contributed by atoms with van der Waals surface area (Å²) in [5.41, 5.74) is 3.36. The summed E-state index contributed by atoms with van der Waals surface area (Å²) in [6.45, 7) is 2.85. The number of piperidine rings is 1. The van der Waals surface area contributed by atoms with Gasteiger partial charge in [0.1, 0.15) is 0 Å². The van der Waals surface area contributed by atoms with Crippen molar-refractivity contribution in [2.24, 2.45) is 5.92 Å². The van der Waals surface area contributed by atoms with Gasteiger partial charge in [0.2, 0.25) is 11.8 Å². The number of carboxylic acid groups (broad SMARTS) is 1. The number of pyridine rings is 1. The van der Waals surface area contributed by atoms with E-state index in [1.54, 1.807) is 31.0 Å². The molecule has 12 heteroatoms. The fourth-order valence-corrected chi connectivity index (χ4v) is 5.07. The number of hydrogen-bond acceptors (Lipinski definition) is 8. The molecule has 39 heavy (non-hydrogen) atoms. The minimum Gasteiger partial charge on any atom is -0.481 e. The van der Waals surface area contributed by atoms with Crippen LogP contribution in [0.1, 0.15) is 30.5 Å². The van der Waals surface area contributed by atoms with Crippen molar-refractivity contribution >= 4 is 35.1 Å². The summed E-state index contributed by atoms with van der Waals surface area (Å²) in [6, 6.07) is 9.18. The zero-order valence-corrected chi connectivity index (χ0v) is 22.5. The maximum atomic E-state index is 11.1. The molecule has 3 N–H and O–H groups in total. The maximum absolute atomic E-state index is 11.1. The Hall–Kier alpha value is -3.73. The van der Waals surface area contributed by atoms with Crippen molar-refractivity contribution in [3.63, 3.8) is 0 Å². The van der Waals surface area contributed by atoms with Crippen LogP contribution >= 0.6 is 23.2 Å². The number of carbonyl (C=O) groups is 1. The molecule has 4 heterocycles. The molecule has 3 aromatic heterocycles. The quantitative estimate of drug-likeness (QED) is 0.222. The molecule has 10 nitrogen and oxygen atoms in total. The summed E-state index contributed by atoms with van der Waals surface area (Å²) in [5, 5.41) is 13.3. The Bertz CT molecular complexity index is 1390. The first-order valence-corrected chi connectivity index (χ1v) is 13.3. The number of rotatable bonds is 10. The first kappa shape index (κ1) is 26.9. The number of likely N-dealkylation sites (tertiary alicyclic amines) is 1. The lowest BCUT2D eigenvalue weighted by Crippen LogP contribution is -2.33. The Morgan fingerprint density at radius 1 is 1.08 bits per heavy atom. The zero-order chi connectivity index (χ0) is 27.2. The van der Waals surface area contributed by atoms with E-state index in [0.717, 1.165) is 42.8 Å². The van der Waals surface area contributed by atoms with Gasteiger partial charge in [0.15, 0.2) is 5.75 Å². The lowest BCUT2D eigenvalue weighted by atomic mass is 9.93. The van der Waals surface area contributed by atoms with Crippen LogP contribution in [0.15, 0.2) is 55.2 Å². The van der Waals surface area contributed by atoms with E-state index in [4.69, 9.17) is 38.0 Å². The monoisotopic (exact) mass is 567 g/mol. The molecule has 0 radical (unpaired) electrons. The molecule has 1 aromatic carbocycles. The first-order valence-electron chi connectivity index (χ1n) is 12.5. The Kier molecular flexibility index (Phi) is 8.55. The normalized spacial score (nSPS) is 14.3. The summed E-state index contributed by atoms with van der Waals surface area (Å²) in [4.78, 5) is 33.8. The van der Waals surface area contributed by atoms with Crippen LogP contribution in [0.3, 0.4) is 0 Å². The third kappa shape index (κ3) is 7.66. The van der Waals surface area contributed by atoms with Gasteiger partial charge in [0.05, 0.1) is 36.7 Å². The lowest BCUT2D eigenvalue weighted by molar-refractivity contribution is -0.138. The third-order valence-corrected chi connectivity index (χ3v) is 6.88. The molecule has 0 amide bonds. The number of hydrogen-bond donors (Lipinski definition) is 3. The highest BCUT2D eigenvalue weighted by molar-refractivity contribution is 6.35. The summed E-state index contributed by atoms with van der Waals surface area (Å²) < 4.78 is 6.07. The fraction of sp³-hybridized carbons (Fsp3) is 0.296. The van der Waals surface area contributed by atoms with Crippen molar-refractivity contribution in [1.29, 1.82) is 0 Å². The number of aliphatic carboxylic acids is 1. The number of nitrogens with zero attached hydrogens (tertiary/aromatic N) is 5. The lowest BCUT2D eigenvalue weighted by Gasteiger charge is -2.31. The average molecular weight is 568 g/mol. The van der Waals surface area contributed by atoms with Gasteiger partial charge in [-0.2, -0.15) is 0 Å². The number of carboxylic acids is 1. The summed E-state index contributed by atoms with van der Waals surface area (Å²) >= 11 is 12.5. The number of benzene rings is 1. The van der Waals surface area contributed by atoms with E-state index < -0.39 is 5.97 Å². The van der Waals surface area contributed by atoms with Gasteiger partial charge in [-0.25, -0.2) is 19.9 Å². The molecule has 1 aliphatic rings. The number of ether oxygens (including phenoxy) is 1. The molecule has 1 fully saturated rings. The molecular weight excluding hydrogens is 541 g/mol. The number of imidazole rings is 1. The van der Waals surface area contributed by atoms with Gasteiger partial charge in [-0.05, 0) is 61.7 Å². The van der Waals surface area contributed by atoms with Crippen LogP contribution in [-0.2, 0) is 17.9 Å². The Morgan fingerprint density at radius 2 is 1.82 bits per heavy atom. The van der Waals surface area contributed by atoms with Crippen molar-refractivity contribution in [1.82, 2.24) is 29.8 Å². The zero-order valence-electron chi connectivity index (χ0n) is 21.0. The predicted molar refractivity (Wildman–Crippen MR) is 148 cm³/mol. The molecule has 5 rings (SSSR count). The minimum atomic E-state index is -0.736. The third-order valence-electron chi connectivity index (χ3n) is 6.44. The van der Waals surface area contributed by atoms with E-state index >= 15 is 0 Å². The van der Waals surface area contributed by atoms with E-state index in [1.807, 2.05) is 24.3 Å². The molecule has 0 unspecified atom stereocenters. The Morgan fingerprint density at radius 3 is 2.49 bits per heavy atom. The fourth-order valence-electron chi connectivity index (χ4n) is 4.54. The summed E-state index contributed by atoms with van der Waals surface area (Å²) in [7, 11) is 0. The van der Waals surface area contributed by atoms with Crippen LogP contribution in [0.4, 0.5) is 5.95 Å². The number of nitrogens with one attached hydrogen (secondary N) is 2. The Labute approximate surface area is 235 Å². The van der Waals surface area contributed by atoms with Gasteiger partial charge in [-0.15, -0.1) is 0 Å². The maximum Gasteiger partial charge on any atom is 0.303 e. The van der Waals surface area contributed by atoms with Crippen LogP contribution in [0, 0.1) is 5.92 Å². The van der Waals surface area contributed by atoms with Gasteiger partial charge < -0.3 is 20.1 Å². The van der Waals surface area contributed by atoms with Crippen LogP contribution in [0.2, 0.25) is 10.0 Å². The topological polar surface area (TPSA) is 129 Å². The van der Waals surface area contributed by atoms with E-state index in [9.17, 15) is 4.79 Å². The summed E-state index contributed by atoms with van der Waals surface area (Å²) in [5.74, 6) is 0.771. The highest BCUT2D eigenvalue weighted by Gasteiger charge is 2.22. The van der Waals surface area contributed by atoms with Crippen LogP contribution in [-0.4, -0.2) is 54.0 Å². The largest absolute Gasteiger partial charge is 0.481 e. The van der Waals surface area contributed by atoms with Gasteiger partial charge in [0.25, 0.3) is 0 Å². The van der Waals surface area contributed by atoms with Crippen molar-refractivity contribution < 1.29 is 14.6 Å². The molecule has 202 valence electrons. The first-order chi connectivity index (χ1) is 18.9. The van der Waals surface area contributed by atoms with Crippen LogP contribution in [0.25, 0.3) is 11.3 Å².